The number of ether oxygens (including phenoxy) is 3. The van der Waals surface area contributed by atoms with Crippen molar-refractivity contribution in [3.63, 3.8) is 0 Å². The van der Waals surface area contributed by atoms with Crippen LogP contribution in [-0.4, -0.2) is 127 Å². The predicted octanol–water partition coefficient (Wildman–Crippen LogP) is -4.66. The highest BCUT2D eigenvalue weighted by Gasteiger charge is 2.51. The van der Waals surface area contributed by atoms with E-state index in [4.69, 9.17) is 33.0 Å². The summed E-state index contributed by atoms with van der Waals surface area (Å²) in [5.41, 5.74) is 0. The Labute approximate surface area is 209 Å². The molecule has 8 N–H and O–H groups in total. The number of carboxylic acids is 1. The molecule has 23 heteroatoms. The Kier molecular flexibility index (Phi) is 10.3. The summed E-state index contributed by atoms with van der Waals surface area (Å²) in [5, 5.41) is 39.4. The Morgan fingerprint density at radius 2 is 1.62 bits per heavy atom. The lowest BCUT2D eigenvalue weighted by molar-refractivity contribution is -0.280. The molecular weight excluding hydrogens is 582 g/mol. The van der Waals surface area contributed by atoms with E-state index in [-0.39, 0.29) is 0 Å². The third-order valence-electron chi connectivity index (χ3n) is 4.81. The molecule has 20 nitrogen and oxygen atoms in total. The van der Waals surface area contributed by atoms with Crippen molar-refractivity contribution in [1.29, 1.82) is 0 Å². The van der Waals surface area contributed by atoms with E-state index in [0.29, 0.717) is 6.08 Å². The van der Waals surface area contributed by atoms with Crippen molar-refractivity contribution in [2.45, 2.75) is 55.4 Å². The number of aliphatic hydroxyl groups excluding tert-OH is 3. The summed E-state index contributed by atoms with van der Waals surface area (Å²) >= 11 is 0. The van der Waals surface area contributed by atoms with Crippen molar-refractivity contribution in [3.05, 3.63) is 11.8 Å². The summed E-state index contributed by atoms with van der Waals surface area (Å²) < 4.78 is 120. The summed E-state index contributed by atoms with van der Waals surface area (Å²) in [7, 11) is -15.6. The molecule has 0 saturated carbocycles. The maximum absolute atomic E-state index is 11.4. The molecular formula is C14H23NO19S3. The van der Waals surface area contributed by atoms with Crippen LogP contribution < -0.4 is 4.72 Å². The second kappa shape index (κ2) is 12.1. The molecule has 0 radical (unpaired) electrons. The average Bonchev–Trinajstić information content (AvgIpc) is 2.71. The van der Waals surface area contributed by atoms with Gasteiger partial charge in [0.25, 0.3) is 0 Å². The van der Waals surface area contributed by atoms with Crippen LogP contribution in [0.1, 0.15) is 6.42 Å². The quantitative estimate of drug-likeness (QED) is 0.0969. The molecule has 2 aliphatic heterocycles. The highest BCUT2D eigenvalue weighted by atomic mass is 32.3. The van der Waals surface area contributed by atoms with Gasteiger partial charge in [0.05, 0.1) is 18.8 Å². The largest absolute Gasteiger partial charge is 0.475 e. The van der Waals surface area contributed by atoms with Crippen molar-refractivity contribution in [2.24, 2.45) is 0 Å². The molecule has 0 bridgehead atoms. The van der Waals surface area contributed by atoms with E-state index in [9.17, 15) is 45.4 Å². The van der Waals surface area contributed by atoms with Crippen molar-refractivity contribution in [2.75, 3.05) is 13.2 Å². The van der Waals surface area contributed by atoms with Crippen molar-refractivity contribution in [3.8, 4) is 0 Å². The number of carbonyl (C=O) groups is 1. The monoisotopic (exact) mass is 605 g/mol. The van der Waals surface area contributed by atoms with Crippen LogP contribution in [0.25, 0.3) is 0 Å². The van der Waals surface area contributed by atoms with E-state index in [2.05, 4.69) is 8.37 Å². The van der Waals surface area contributed by atoms with Crippen LogP contribution in [0, 0.1) is 0 Å². The number of hydrogen-bond acceptors (Lipinski definition) is 15. The molecule has 0 spiro atoms. The molecule has 2 rings (SSSR count). The Hall–Kier alpha value is -1.58. The smallest absolute Gasteiger partial charge is 0.397 e. The molecule has 1 saturated heterocycles. The second-order valence-electron chi connectivity index (χ2n) is 7.45. The lowest BCUT2D eigenvalue weighted by Crippen LogP contribution is -2.66. The zero-order chi connectivity index (χ0) is 28.3. The van der Waals surface area contributed by atoms with Gasteiger partial charge in [0, 0.05) is 6.61 Å². The Balaban J connectivity index is 2.49. The first-order valence-corrected chi connectivity index (χ1v) is 13.9. The van der Waals surface area contributed by atoms with Gasteiger partial charge in [-0.1, -0.05) is 0 Å². The van der Waals surface area contributed by atoms with E-state index >= 15 is 0 Å². The topological polar surface area (TPSA) is 319 Å². The SMILES string of the molecule is O=C(O)C1=C[C@H](O)[C@@H](OS(=O)(=O)O)[C@@H](O[C@H]2[C@H](O)[C@@H](NS(=O)(=O)O)[C@H](CCO)O[C@@H]2COS(=O)(=O)O)O1. The fourth-order valence-electron chi connectivity index (χ4n) is 3.45. The number of aliphatic hydroxyl groups is 3. The summed E-state index contributed by atoms with van der Waals surface area (Å²) in [6.07, 6.45) is -14.3. The van der Waals surface area contributed by atoms with Crippen LogP contribution >= 0.6 is 0 Å². The molecule has 37 heavy (non-hydrogen) atoms. The minimum absolute atomic E-state index is 0.432. The molecule has 0 aromatic heterocycles. The van der Waals surface area contributed by atoms with Crippen molar-refractivity contribution < 1.29 is 86.7 Å². The van der Waals surface area contributed by atoms with Crippen LogP contribution in [0.4, 0.5) is 0 Å². The number of aliphatic carboxylic acids is 1. The third kappa shape index (κ3) is 9.59. The van der Waals surface area contributed by atoms with Gasteiger partial charge in [0.2, 0.25) is 12.0 Å². The molecule has 0 amide bonds. The van der Waals surface area contributed by atoms with Crippen LogP contribution in [0.15, 0.2) is 11.8 Å². The van der Waals surface area contributed by atoms with Gasteiger partial charge in [-0.25, -0.2) is 13.2 Å². The van der Waals surface area contributed by atoms with Crippen LogP contribution in [0.2, 0.25) is 0 Å². The van der Waals surface area contributed by atoms with E-state index in [0.717, 1.165) is 0 Å². The molecule has 8 atom stereocenters. The van der Waals surface area contributed by atoms with Gasteiger partial charge in [-0.15, -0.1) is 0 Å². The molecule has 2 heterocycles. The van der Waals surface area contributed by atoms with Gasteiger partial charge in [0.1, 0.15) is 24.4 Å². The lowest BCUT2D eigenvalue weighted by atomic mass is 9.91. The van der Waals surface area contributed by atoms with E-state index in [1.54, 1.807) is 4.72 Å². The normalized spacial score (nSPS) is 33.4. The molecule has 0 aromatic rings. The summed E-state index contributed by atoms with van der Waals surface area (Å²) in [6, 6.07) is -1.85. The average molecular weight is 606 g/mol. The van der Waals surface area contributed by atoms with Crippen LogP contribution in [-0.2, 0) is 58.5 Å². The zero-order valence-electron chi connectivity index (χ0n) is 18.1. The number of rotatable bonds is 12. The van der Waals surface area contributed by atoms with E-state index in [1.807, 2.05) is 0 Å². The number of hydrogen-bond donors (Lipinski definition) is 8. The molecule has 0 unspecified atom stereocenters. The van der Waals surface area contributed by atoms with Gasteiger partial charge < -0.3 is 34.6 Å². The maximum atomic E-state index is 11.4. The van der Waals surface area contributed by atoms with Crippen LogP contribution in [0.5, 0.6) is 0 Å². The Morgan fingerprint density at radius 1 is 1.00 bits per heavy atom. The van der Waals surface area contributed by atoms with Crippen molar-refractivity contribution in [1.82, 2.24) is 4.72 Å². The van der Waals surface area contributed by atoms with Crippen molar-refractivity contribution >= 4 is 37.1 Å². The minimum atomic E-state index is -5.36. The standard InChI is InChI=1S/C14H23NO19S3/c16-2-1-6-9(15-35(21,22)23)10(18)12(8(31-6)4-30-36(24,25)26)33-14-11(34-37(27,28)29)5(17)3-7(32-14)13(19)20/h3,5-6,8-12,14-18H,1-2,4H2,(H,19,20)(H,21,22,23)(H,24,25,26)(H,27,28,29)/t5-,6-,8+,9-,10+,11+,12+,14+/m0/s1. The highest BCUT2D eigenvalue weighted by Crippen LogP contribution is 2.31. The van der Waals surface area contributed by atoms with Gasteiger partial charge in [-0.3, -0.25) is 13.7 Å². The first-order chi connectivity index (χ1) is 16.8. The summed E-state index contributed by atoms with van der Waals surface area (Å²) in [6.45, 7) is -1.85. The number of carboxylic acid groups (broad SMARTS) is 1. The maximum Gasteiger partial charge on any atom is 0.397 e. The van der Waals surface area contributed by atoms with E-state index < -0.39 is 111 Å². The fourth-order valence-corrected chi connectivity index (χ4v) is 4.87. The first kappa shape index (κ1) is 31.6. The molecule has 0 aromatic carbocycles. The molecule has 1 fully saturated rings. The van der Waals surface area contributed by atoms with Crippen LogP contribution in [0.3, 0.4) is 0 Å². The fraction of sp³-hybridized carbons (Fsp3) is 0.786. The molecule has 2 aliphatic rings. The lowest BCUT2D eigenvalue weighted by Gasteiger charge is -2.46. The third-order valence-corrected chi connectivity index (χ3v) is 6.28. The zero-order valence-corrected chi connectivity index (χ0v) is 20.5. The molecule has 0 aliphatic carbocycles. The molecule has 216 valence electrons. The van der Waals surface area contributed by atoms with E-state index in [1.165, 1.54) is 0 Å². The Bertz CT molecular complexity index is 1160. The Morgan fingerprint density at radius 3 is 2.11 bits per heavy atom. The summed E-state index contributed by atoms with van der Waals surface area (Å²) in [5.74, 6) is -2.84. The highest BCUT2D eigenvalue weighted by molar-refractivity contribution is 7.83. The minimum Gasteiger partial charge on any atom is -0.475 e. The number of nitrogens with one attached hydrogen (secondary N) is 1. The summed E-state index contributed by atoms with van der Waals surface area (Å²) in [4.78, 5) is 11.3. The predicted molar refractivity (Wildman–Crippen MR) is 110 cm³/mol. The first-order valence-electron chi connectivity index (χ1n) is 9.73. The van der Waals surface area contributed by atoms with Gasteiger partial charge in [0.15, 0.2) is 6.10 Å². The van der Waals surface area contributed by atoms with Gasteiger partial charge >= 0.3 is 37.1 Å². The second-order valence-corrected chi connectivity index (χ2v) is 10.8. The van der Waals surface area contributed by atoms with Gasteiger partial charge in [-0.2, -0.15) is 30.0 Å². The van der Waals surface area contributed by atoms with Gasteiger partial charge in [-0.05, 0) is 12.5 Å².